The normalized spacial score (nSPS) is 14.1. The molecule has 0 aromatic carbocycles. The van der Waals surface area contributed by atoms with Gasteiger partial charge in [-0.15, -0.1) is 0 Å². The summed E-state index contributed by atoms with van der Waals surface area (Å²) in [6.45, 7) is 12.1. The summed E-state index contributed by atoms with van der Waals surface area (Å²) in [5, 5.41) is 0. The van der Waals surface area contributed by atoms with Gasteiger partial charge in [0.1, 0.15) is 6.10 Å². The van der Waals surface area contributed by atoms with Gasteiger partial charge in [-0.2, -0.15) is 0 Å². The molecule has 0 heterocycles. The summed E-state index contributed by atoms with van der Waals surface area (Å²) in [6, 6.07) is 0. The number of rotatable bonds is 9. The van der Waals surface area contributed by atoms with Gasteiger partial charge >= 0.3 is 0 Å². The molecular formula is C12H22O2. The molecule has 0 N–H and O–H groups in total. The van der Waals surface area contributed by atoms with E-state index in [1.165, 1.54) is 12.5 Å². The fraction of sp³-hybridized carbons (Fsp3) is 0.667. The molecule has 0 aliphatic carbocycles. The molecule has 0 bridgehead atoms. The lowest BCUT2D eigenvalue weighted by atomic mass is 9.97. The lowest BCUT2D eigenvalue weighted by Gasteiger charge is -2.24. The van der Waals surface area contributed by atoms with Gasteiger partial charge in [0.05, 0.1) is 19.1 Å². The fourth-order valence-corrected chi connectivity index (χ4v) is 1.50. The molecule has 2 unspecified atom stereocenters. The van der Waals surface area contributed by atoms with Gasteiger partial charge in [0.15, 0.2) is 0 Å². The maximum absolute atomic E-state index is 5.48. The quantitative estimate of drug-likeness (QED) is 0.528. The second-order valence-electron chi connectivity index (χ2n) is 3.30. The molecule has 2 atom stereocenters. The first-order chi connectivity index (χ1) is 6.79. The van der Waals surface area contributed by atoms with Crippen LogP contribution in [0.1, 0.15) is 33.1 Å². The predicted molar refractivity (Wildman–Crippen MR) is 59.9 cm³/mol. The molecule has 0 aromatic heterocycles. The number of hydrogen-bond donors (Lipinski definition) is 0. The average Bonchev–Trinajstić information content (AvgIpc) is 2.19. The van der Waals surface area contributed by atoms with Gasteiger partial charge in [0, 0.05) is 5.92 Å². The van der Waals surface area contributed by atoms with Crippen LogP contribution < -0.4 is 0 Å². The zero-order chi connectivity index (χ0) is 10.8. The van der Waals surface area contributed by atoms with Crippen LogP contribution in [0.5, 0.6) is 0 Å². The van der Waals surface area contributed by atoms with Crippen molar-refractivity contribution in [1.29, 1.82) is 0 Å². The number of ether oxygens (including phenoxy) is 2. The Bertz CT molecular complexity index is 154. The summed E-state index contributed by atoms with van der Waals surface area (Å²) in [5.74, 6) is 0.422. The van der Waals surface area contributed by atoms with Gasteiger partial charge in [-0.05, 0) is 12.8 Å². The van der Waals surface area contributed by atoms with Crippen molar-refractivity contribution in [2.75, 3.05) is 6.61 Å². The van der Waals surface area contributed by atoms with Crippen LogP contribution in [-0.2, 0) is 9.47 Å². The molecule has 0 rings (SSSR count). The summed E-state index contributed by atoms with van der Waals surface area (Å²) in [5.41, 5.74) is 0. The average molecular weight is 198 g/mol. The highest BCUT2D eigenvalue weighted by Gasteiger charge is 2.19. The Morgan fingerprint density at radius 3 is 2.36 bits per heavy atom. The van der Waals surface area contributed by atoms with Crippen molar-refractivity contribution in [3.63, 3.8) is 0 Å². The lowest BCUT2D eigenvalue weighted by Crippen LogP contribution is -2.25. The number of hydrogen-bond acceptors (Lipinski definition) is 2. The largest absolute Gasteiger partial charge is 0.501 e. The summed E-state index contributed by atoms with van der Waals surface area (Å²) >= 11 is 0. The van der Waals surface area contributed by atoms with Crippen LogP contribution in [0.3, 0.4) is 0 Å². The highest BCUT2D eigenvalue weighted by Crippen LogP contribution is 2.18. The van der Waals surface area contributed by atoms with Crippen LogP contribution in [0.15, 0.2) is 25.7 Å². The maximum Gasteiger partial charge on any atom is 0.104 e. The van der Waals surface area contributed by atoms with Crippen molar-refractivity contribution >= 4 is 0 Å². The summed E-state index contributed by atoms with van der Waals surface area (Å²) < 4.78 is 10.7. The molecule has 82 valence electrons. The van der Waals surface area contributed by atoms with E-state index < -0.39 is 0 Å². The predicted octanol–water partition coefficient (Wildman–Crippen LogP) is 3.50. The Hall–Kier alpha value is -0.920. The van der Waals surface area contributed by atoms with Crippen LogP contribution >= 0.6 is 0 Å². The Labute approximate surface area is 87.6 Å². The molecule has 2 heteroatoms. The van der Waals surface area contributed by atoms with Gasteiger partial charge < -0.3 is 9.47 Å². The zero-order valence-electron chi connectivity index (χ0n) is 9.37. The summed E-state index contributed by atoms with van der Waals surface area (Å²) in [4.78, 5) is 0. The molecule has 0 radical (unpaired) electrons. The molecule has 0 aliphatic rings. The highest BCUT2D eigenvalue weighted by molar-refractivity contribution is 4.72. The van der Waals surface area contributed by atoms with Crippen molar-refractivity contribution in [3.05, 3.63) is 25.7 Å². The van der Waals surface area contributed by atoms with E-state index in [0.29, 0.717) is 12.5 Å². The molecule has 0 saturated heterocycles. The van der Waals surface area contributed by atoms with Gasteiger partial charge in [-0.3, -0.25) is 0 Å². The molecule has 0 saturated carbocycles. The molecular weight excluding hydrogens is 176 g/mol. The van der Waals surface area contributed by atoms with Crippen LogP contribution in [0.25, 0.3) is 0 Å². The standard InChI is InChI=1S/C12H22O2/c1-5-9-12(14-8-4)11(6-2)10-13-7-3/h7-8,11-12H,3-6,9-10H2,1-2H3. The Kier molecular flexibility index (Phi) is 8.10. The minimum absolute atomic E-state index is 0.224. The highest BCUT2D eigenvalue weighted by atomic mass is 16.5. The van der Waals surface area contributed by atoms with E-state index in [1.54, 1.807) is 0 Å². The summed E-state index contributed by atoms with van der Waals surface area (Å²) in [7, 11) is 0. The third-order valence-electron chi connectivity index (χ3n) is 2.32. The second-order valence-corrected chi connectivity index (χ2v) is 3.30. The third-order valence-corrected chi connectivity index (χ3v) is 2.32. The first-order valence-corrected chi connectivity index (χ1v) is 5.28. The van der Waals surface area contributed by atoms with E-state index in [9.17, 15) is 0 Å². The Balaban J connectivity index is 4.08. The molecule has 2 nitrogen and oxygen atoms in total. The van der Waals surface area contributed by atoms with Gasteiger partial charge in [-0.25, -0.2) is 0 Å². The zero-order valence-corrected chi connectivity index (χ0v) is 9.37. The topological polar surface area (TPSA) is 18.5 Å². The minimum atomic E-state index is 0.224. The minimum Gasteiger partial charge on any atom is -0.501 e. The SMILES string of the molecule is C=COCC(CC)C(CCC)OC=C. The van der Waals surface area contributed by atoms with E-state index in [4.69, 9.17) is 9.47 Å². The Morgan fingerprint density at radius 2 is 1.93 bits per heavy atom. The van der Waals surface area contributed by atoms with Crippen molar-refractivity contribution in [2.24, 2.45) is 5.92 Å². The van der Waals surface area contributed by atoms with Gasteiger partial charge in [0.25, 0.3) is 0 Å². The van der Waals surface area contributed by atoms with E-state index >= 15 is 0 Å². The van der Waals surface area contributed by atoms with Gasteiger partial charge in [0.2, 0.25) is 0 Å². The van der Waals surface area contributed by atoms with Crippen molar-refractivity contribution in [1.82, 2.24) is 0 Å². The van der Waals surface area contributed by atoms with E-state index in [-0.39, 0.29) is 6.10 Å². The smallest absolute Gasteiger partial charge is 0.104 e. The second kappa shape index (κ2) is 8.67. The van der Waals surface area contributed by atoms with E-state index in [1.807, 2.05) is 0 Å². The van der Waals surface area contributed by atoms with Gasteiger partial charge in [-0.1, -0.05) is 33.4 Å². The molecule has 0 aromatic rings. The van der Waals surface area contributed by atoms with Crippen LogP contribution in [0, 0.1) is 5.92 Å². The van der Waals surface area contributed by atoms with Crippen LogP contribution in [0.4, 0.5) is 0 Å². The van der Waals surface area contributed by atoms with E-state index in [0.717, 1.165) is 19.3 Å². The first-order valence-electron chi connectivity index (χ1n) is 5.28. The molecule has 14 heavy (non-hydrogen) atoms. The van der Waals surface area contributed by atoms with Crippen molar-refractivity contribution in [2.45, 2.75) is 39.2 Å². The van der Waals surface area contributed by atoms with Crippen LogP contribution in [-0.4, -0.2) is 12.7 Å². The lowest BCUT2D eigenvalue weighted by molar-refractivity contribution is 0.0397. The fourth-order valence-electron chi connectivity index (χ4n) is 1.50. The Morgan fingerprint density at radius 1 is 1.21 bits per heavy atom. The monoisotopic (exact) mass is 198 g/mol. The van der Waals surface area contributed by atoms with Crippen molar-refractivity contribution < 1.29 is 9.47 Å². The first kappa shape index (κ1) is 13.1. The molecule has 0 fully saturated rings. The molecule has 0 spiro atoms. The van der Waals surface area contributed by atoms with E-state index in [2.05, 4.69) is 27.0 Å². The molecule has 0 amide bonds. The maximum atomic E-state index is 5.48. The summed E-state index contributed by atoms with van der Waals surface area (Å²) in [6.07, 6.45) is 6.44. The third kappa shape index (κ3) is 4.95. The van der Waals surface area contributed by atoms with Crippen molar-refractivity contribution in [3.8, 4) is 0 Å². The van der Waals surface area contributed by atoms with Crippen LogP contribution in [0.2, 0.25) is 0 Å². The molecule has 0 aliphatic heterocycles.